The van der Waals surface area contributed by atoms with Crippen molar-refractivity contribution in [3.8, 4) is 0 Å². The molecule has 1 aliphatic heterocycles. The van der Waals surface area contributed by atoms with E-state index in [9.17, 15) is 4.79 Å². The number of fused-ring (bicyclic) bond motifs is 1. The first kappa shape index (κ1) is 18.2. The first-order chi connectivity index (χ1) is 13.3. The summed E-state index contributed by atoms with van der Waals surface area (Å²) in [6.45, 7) is 2.77. The molecule has 3 aromatic rings. The molecule has 1 amide bonds. The smallest absolute Gasteiger partial charge is 0.238 e. The molecular formula is C22H24N2O2S. The minimum absolute atomic E-state index is 0.0137. The number of ether oxygens (including phenoxy) is 1. The van der Waals surface area contributed by atoms with E-state index in [4.69, 9.17) is 4.74 Å². The predicted octanol–water partition coefficient (Wildman–Crippen LogP) is 4.52. The number of rotatable bonds is 7. The summed E-state index contributed by atoms with van der Waals surface area (Å²) in [7, 11) is 0. The van der Waals surface area contributed by atoms with Crippen LogP contribution in [0.1, 0.15) is 17.7 Å². The lowest BCUT2D eigenvalue weighted by molar-refractivity contribution is -0.117. The monoisotopic (exact) mass is 380 g/mol. The van der Waals surface area contributed by atoms with Gasteiger partial charge in [-0.3, -0.25) is 9.69 Å². The molecule has 1 N–H and O–H groups in total. The minimum atomic E-state index is 0.0137. The summed E-state index contributed by atoms with van der Waals surface area (Å²) in [4.78, 5) is 16.1. The lowest BCUT2D eigenvalue weighted by Crippen LogP contribution is -2.37. The van der Waals surface area contributed by atoms with Crippen molar-refractivity contribution in [2.45, 2.75) is 25.5 Å². The zero-order valence-electron chi connectivity index (χ0n) is 15.3. The average Bonchev–Trinajstić information content (AvgIpc) is 3.36. The van der Waals surface area contributed by atoms with Gasteiger partial charge in [0.1, 0.15) is 0 Å². The van der Waals surface area contributed by atoms with Crippen LogP contribution in [0.5, 0.6) is 0 Å². The second kappa shape index (κ2) is 8.65. The fourth-order valence-electron chi connectivity index (χ4n) is 3.55. The Morgan fingerprint density at radius 3 is 2.81 bits per heavy atom. The number of hydrogen-bond acceptors (Lipinski definition) is 4. The lowest BCUT2D eigenvalue weighted by Gasteiger charge is -2.24. The van der Waals surface area contributed by atoms with Gasteiger partial charge in [-0.15, -0.1) is 11.3 Å². The van der Waals surface area contributed by atoms with Crippen LogP contribution < -0.4 is 5.32 Å². The molecule has 1 fully saturated rings. The van der Waals surface area contributed by atoms with Crippen LogP contribution in [-0.2, 0) is 16.1 Å². The van der Waals surface area contributed by atoms with Crippen LogP contribution in [0.4, 0.5) is 5.69 Å². The SMILES string of the molecule is O=C(CN(Cc1cccs1)C[C@@H]1CCCO1)Nc1ccc2ccccc2c1. The molecule has 27 heavy (non-hydrogen) atoms. The maximum absolute atomic E-state index is 12.7. The van der Waals surface area contributed by atoms with Gasteiger partial charge in [0, 0.05) is 30.3 Å². The summed E-state index contributed by atoms with van der Waals surface area (Å²) in [5, 5.41) is 7.43. The number of carbonyl (C=O) groups is 1. The van der Waals surface area contributed by atoms with Crippen LogP contribution >= 0.6 is 11.3 Å². The summed E-state index contributed by atoms with van der Waals surface area (Å²) < 4.78 is 5.78. The molecule has 0 saturated carbocycles. The molecule has 4 nitrogen and oxygen atoms in total. The topological polar surface area (TPSA) is 41.6 Å². The number of hydrogen-bond donors (Lipinski definition) is 1. The van der Waals surface area contributed by atoms with Gasteiger partial charge in [-0.1, -0.05) is 36.4 Å². The van der Waals surface area contributed by atoms with Crippen LogP contribution in [0.15, 0.2) is 60.0 Å². The van der Waals surface area contributed by atoms with Crippen LogP contribution in [0, 0.1) is 0 Å². The highest BCUT2D eigenvalue weighted by Crippen LogP contribution is 2.20. The van der Waals surface area contributed by atoms with Gasteiger partial charge in [0.2, 0.25) is 5.91 Å². The third-order valence-electron chi connectivity index (χ3n) is 4.85. The molecule has 1 aromatic heterocycles. The van der Waals surface area contributed by atoms with Crippen molar-refractivity contribution in [2.75, 3.05) is 25.0 Å². The van der Waals surface area contributed by atoms with Crippen LogP contribution in [-0.4, -0.2) is 36.6 Å². The Kier molecular flexibility index (Phi) is 5.82. The molecule has 5 heteroatoms. The molecule has 0 bridgehead atoms. The van der Waals surface area contributed by atoms with E-state index in [1.165, 1.54) is 10.3 Å². The third kappa shape index (κ3) is 4.95. The Morgan fingerprint density at radius 2 is 2.04 bits per heavy atom. The van der Waals surface area contributed by atoms with Gasteiger partial charge in [-0.2, -0.15) is 0 Å². The Balaban J connectivity index is 1.41. The van der Waals surface area contributed by atoms with Crippen molar-refractivity contribution >= 4 is 33.7 Å². The number of thiophene rings is 1. The first-order valence-electron chi connectivity index (χ1n) is 9.41. The highest BCUT2D eigenvalue weighted by atomic mass is 32.1. The average molecular weight is 381 g/mol. The van der Waals surface area contributed by atoms with Crippen molar-refractivity contribution < 1.29 is 9.53 Å². The number of nitrogens with one attached hydrogen (secondary N) is 1. The van der Waals surface area contributed by atoms with Crippen LogP contribution in [0.2, 0.25) is 0 Å². The molecule has 0 spiro atoms. The summed E-state index contributed by atoms with van der Waals surface area (Å²) in [6.07, 6.45) is 2.42. The third-order valence-corrected chi connectivity index (χ3v) is 5.71. The number of nitrogens with zero attached hydrogens (tertiary/aromatic N) is 1. The van der Waals surface area contributed by atoms with E-state index in [-0.39, 0.29) is 12.0 Å². The van der Waals surface area contributed by atoms with Gasteiger partial charge in [-0.05, 0) is 47.2 Å². The normalized spacial score (nSPS) is 16.9. The summed E-state index contributed by atoms with van der Waals surface area (Å²) >= 11 is 1.73. The standard InChI is InChI=1S/C22H24N2O2S/c25-22(23-19-10-9-17-5-1-2-6-18(17)13-19)16-24(14-20-7-3-11-26-20)15-21-8-4-12-27-21/h1-2,4-6,8-10,12-13,20H,3,7,11,14-16H2,(H,23,25)/t20-/m0/s1. The summed E-state index contributed by atoms with van der Waals surface area (Å²) in [5.41, 5.74) is 0.840. The zero-order chi connectivity index (χ0) is 18.5. The van der Waals surface area contributed by atoms with Crippen molar-refractivity contribution in [1.82, 2.24) is 4.90 Å². The van der Waals surface area contributed by atoms with Crippen molar-refractivity contribution in [1.29, 1.82) is 0 Å². The molecule has 0 unspecified atom stereocenters. The van der Waals surface area contributed by atoms with Gasteiger partial charge >= 0.3 is 0 Å². The summed E-state index contributed by atoms with van der Waals surface area (Å²) in [5.74, 6) is 0.0137. The lowest BCUT2D eigenvalue weighted by atomic mass is 10.1. The highest BCUT2D eigenvalue weighted by Gasteiger charge is 2.21. The van der Waals surface area contributed by atoms with E-state index in [0.717, 1.165) is 43.6 Å². The van der Waals surface area contributed by atoms with Crippen LogP contribution in [0.25, 0.3) is 10.8 Å². The molecular weight excluding hydrogens is 356 g/mol. The van der Waals surface area contributed by atoms with Gasteiger partial charge in [0.15, 0.2) is 0 Å². The Bertz CT molecular complexity index is 888. The number of benzene rings is 2. The predicted molar refractivity (Wildman–Crippen MR) is 111 cm³/mol. The van der Waals surface area contributed by atoms with E-state index in [2.05, 4.69) is 39.9 Å². The zero-order valence-corrected chi connectivity index (χ0v) is 16.1. The van der Waals surface area contributed by atoms with E-state index in [1.807, 2.05) is 30.3 Å². The molecule has 2 heterocycles. The van der Waals surface area contributed by atoms with Gasteiger partial charge in [-0.25, -0.2) is 0 Å². The molecule has 0 radical (unpaired) electrons. The Labute approximate surface area is 163 Å². The molecule has 4 rings (SSSR count). The number of anilines is 1. The van der Waals surface area contributed by atoms with E-state index in [0.29, 0.717) is 6.54 Å². The Hall–Kier alpha value is -2.21. The maximum Gasteiger partial charge on any atom is 0.238 e. The summed E-state index contributed by atoms with van der Waals surface area (Å²) in [6, 6.07) is 18.4. The molecule has 2 aromatic carbocycles. The number of carbonyl (C=O) groups excluding carboxylic acids is 1. The minimum Gasteiger partial charge on any atom is -0.377 e. The van der Waals surface area contributed by atoms with E-state index >= 15 is 0 Å². The van der Waals surface area contributed by atoms with E-state index < -0.39 is 0 Å². The fourth-order valence-corrected chi connectivity index (χ4v) is 4.30. The Morgan fingerprint density at radius 1 is 1.15 bits per heavy atom. The molecule has 0 aliphatic carbocycles. The van der Waals surface area contributed by atoms with Crippen molar-refractivity contribution in [3.63, 3.8) is 0 Å². The van der Waals surface area contributed by atoms with Gasteiger partial charge in [0.25, 0.3) is 0 Å². The fraction of sp³-hybridized carbons (Fsp3) is 0.318. The van der Waals surface area contributed by atoms with Crippen molar-refractivity contribution in [3.05, 3.63) is 64.9 Å². The largest absolute Gasteiger partial charge is 0.377 e. The van der Waals surface area contributed by atoms with Crippen LogP contribution in [0.3, 0.4) is 0 Å². The van der Waals surface area contributed by atoms with Gasteiger partial charge < -0.3 is 10.1 Å². The molecule has 140 valence electrons. The maximum atomic E-state index is 12.7. The first-order valence-corrected chi connectivity index (χ1v) is 10.3. The molecule has 1 atom stereocenters. The van der Waals surface area contributed by atoms with Gasteiger partial charge in [0.05, 0.1) is 12.6 Å². The number of amides is 1. The van der Waals surface area contributed by atoms with E-state index in [1.54, 1.807) is 11.3 Å². The second-order valence-corrected chi connectivity index (χ2v) is 8.03. The quantitative estimate of drug-likeness (QED) is 0.655. The molecule has 1 aliphatic rings. The second-order valence-electron chi connectivity index (χ2n) is 6.99. The van der Waals surface area contributed by atoms with Crippen molar-refractivity contribution in [2.24, 2.45) is 0 Å². The highest BCUT2D eigenvalue weighted by molar-refractivity contribution is 7.09. The molecule has 1 saturated heterocycles.